The Labute approximate surface area is 116 Å². The van der Waals surface area contributed by atoms with Crippen molar-refractivity contribution in [1.29, 1.82) is 0 Å². The molecule has 2 rings (SSSR count). The number of rotatable bonds is 7. The lowest BCUT2D eigenvalue weighted by atomic mass is 9.96. The summed E-state index contributed by atoms with van der Waals surface area (Å²) < 4.78 is 5.20. The molecule has 2 atom stereocenters. The van der Waals surface area contributed by atoms with Crippen molar-refractivity contribution < 1.29 is 9.53 Å². The van der Waals surface area contributed by atoms with Gasteiger partial charge in [-0.2, -0.15) is 0 Å². The van der Waals surface area contributed by atoms with Gasteiger partial charge in [-0.05, 0) is 58.0 Å². The van der Waals surface area contributed by atoms with Crippen LogP contribution in [0.25, 0.3) is 0 Å². The van der Waals surface area contributed by atoms with Gasteiger partial charge in [0.25, 0.3) is 0 Å². The molecule has 2 unspecified atom stereocenters. The van der Waals surface area contributed by atoms with Gasteiger partial charge in [-0.3, -0.25) is 9.69 Å². The van der Waals surface area contributed by atoms with E-state index in [9.17, 15) is 4.79 Å². The zero-order chi connectivity index (χ0) is 13.7. The van der Waals surface area contributed by atoms with Gasteiger partial charge in [-0.1, -0.05) is 6.92 Å². The number of hydrogen-bond acceptors (Lipinski definition) is 4. The van der Waals surface area contributed by atoms with Crippen LogP contribution >= 0.6 is 0 Å². The number of hydrogen-bond donors (Lipinski definition) is 1. The summed E-state index contributed by atoms with van der Waals surface area (Å²) in [6, 6.07) is 0.742. The predicted octanol–water partition coefficient (Wildman–Crippen LogP) is 1.79. The maximum atomic E-state index is 12.0. The molecular weight excluding hydrogens is 240 g/mol. The molecule has 19 heavy (non-hydrogen) atoms. The van der Waals surface area contributed by atoms with E-state index in [1.165, 1.54) is 25.7 Å². The van der Waals surface area contributed by atoms with E-state index in [0.717, 1.165) is 32.1 Å². The van der Waals surface area contributed by atoms with Crippen LogP contribution in [-0.2, 0) is 9.53 Å². The normalized spacial score (nSPS) is 26.1. The molecule has 0 spiro atoms. The van der Waals surface area contributed by atoms with Crippen LogP contribution in [0.5, 0.6) is 0 Å². The minimum Gasteiger partial charge on any atom is -0.465 e. The summed E-state index contributed by atoms with van der Waals surface area (Å²) in [7, 11) is 0. The third kappa shape index (κ3) is 4.46. The molecule has 1 N–H and O–H groups in total. The Kier molecular flexibility index (Phi) is 5.64. The lowest BCUT2D eigenvalue weighted by molar-refractivity contribution is -0.150. The smallest absolute Gasteiger partial charge is 0.323 e. The van der Waals surface area contributed by atoms with E-state index in [0.29, 0.717) is 12.5 Å². The Morgan fingerprint density at radius 1 is 1.37 bits per heavy atom. The molecule has 4 heteroatoms. The summed E-state index contributed by atoms with van der Waals surface area (Å²) in [5.41, 5.74) is 0. The van der Waals surface area contributed by atoms with E-state index in [1.807, 2.05) is 6.92 Å². The minimum atomic E-state index is -0.0409. The Morgan fingerprint density at radius 3 is 2.79 bits per heavy atom. The molecule has 0 aromatic carbocycles. The quantitative estimate of drug-likeness (QED) is 0.715. The second-order valence-electron chi connectivity index (χ2n) is 5.86. The summed E-state index contributed by atoms with van der Waals surface area (Å²) in [6.45, 7) is 7.63. The lowest BCUT2D eigenvalue weighted by Gasteiger charge is -2.36. The number of esters is 1. The van der Waals surface area contributed by atoms with Gasteiger partial charge in [0, 0.05) is 12.6 Å². The molecule has 2 fully saturated rings. The second-order valence-corrected chi connectivity index (χ2v) is 5.86. The van der Waals surface area contributed by atoms with E-state index < -0.39 is 0 Å². The number of piperidine rings is 1. The van der Waals surface area contributed by atoms with E-state index in [-0.39, 0.29) is 12.0 Å². The standard InChI is InChI=1S/C15H28N2O2/c1-3-14(15(18)19-4-2)17-9-5-6-12(11-17)10-16-13-7-8-13/h12-14,16H,3-11H2,1-2H3. The molecule has 1 aliphatic carbocycles. The van der Waals surface area contributed by atoms with Crippen LogP contribution in [-0.4, -0.2) is 49.2 Å². The molecule has 0 aromatic heterocycles. The Balaban J connectivity index is 1.81. The van der Waals surface area contributed by atoms with E-state index >= 15 is 0 Å². The second kappa shape index (κ2) is 7.25. The van der Waals surface area contributed by atoms with Crippen molar-refractivity contribution >= 4 is 5.97 Å². The number of likely N-dealkylation sites (tertiary alicyclic amines) is 1. The summed E-state index contributed by atoms with van der Waals surface area (Å²) in [5.74, 6) is 0.652. The van der Waals surface area contributed by atoms with Crippen molar-refractivity contribution in [2.24, 2.45) is 5.92 Å². The zero-order valence-corrected chi connectivity index (χ0v) is 12.4. The summed E-state index contributed by atoms with van der Waals surface area (Å²) in [5, 5.41) is 3.62. The van der Waals surface area contributed by atoms with Crippen LogP contribution < -0.4 is 5.32 Å². The molecule has 1 saturated heterocycles. The highest BCUT2D eigenvalue weighted by Crippen LogP contribution is 2.23. The number of carbonyl (C=O) groups is 1. The molecule has 1 saturated carbocycles. The molecule has 110 valence electrons. The molecular formula is C15H28N2O2. The lowest BCUT2D eigenvalue weighted by Crippen LogP contribution is -2.48. The Morgan fingerprint density at radius 2 is 2.16 bits per heavy atom. The fourth-order valence-electron chi connectivity index (χ4n) is 2.98. The Bertz CT molecular complexity index is 292. The first kappa shape index (κ1) is 14.8. The number of nitrogens with one attached hydrogen (secondary N) is 1. The van der Waals surface area contributed by atoms with Crippen LogP contribution in [0.3, 0.4) is 0 Å². The third-order valence-corrected chi connectivity index (χ3v) is 4.21. The molecule has 2 aliphatic rings. The number of ether oxygens (including phenoxy) is 1. The molecule has 0 bridgehead atoms. The van der Waals surface area contributed by atoms with Crippen LogP contribution in [0, 0.1) is 5.92 Å². The van der Waals surface area contributed by atoms with Gasteiger partial charge in [-0.15, -0.1) is 0 Å². The minimum absolute atomic E-state index is 0.0383. The first-order valence-corrected chi connectivity index (χ1v) is 7.88. The predicted molar refractivity (Wildman–Crippen MR) is 76.0 cm³/mol. The highest BCUT2D eigenvalue weighted by Gasteiger charge is 2.31. The molecule has 0 radical (unpaired) electrons. The average molecular weight is 268 g/mol. The van der Waals surface area contributed by atoms with Gasteiger partial charge >= 0.3 is 5.97 Å². The van der Waals surface area contributed by atoms with Crippen molar-refractivity contribution in [3.05, 3.63) is 0 Å². The van der Waals surface area contributed by atoms with Crippen LogP contribution in [0.4, 0.5) is 0 Å². The Hall–Kier alpha value is -0.610. The number of nitrogens with zero attached hydrogens (tertiary/aromatic N) is 1. The van der Waals surface area contributed by atoms with Gasteiger partial charge in [0.1, 0.15) is 6.04 Å². The van der Waals surface area contributed by atoms with Crippen LogP contribution in [0.1, 0.15) is 46.0 Å². The summed E-state index contributed by atoms with van der Waals surface area (Å²) >= 11 is 0. The SMILES string of the molecule is CCOC(=O)C(CC)N1CCCC(CNC2CC2)C1. The fraction of sp³-hybridized carbons (Fsp3) is 0.933. The first-order valence-electron chi connectivity index (χ1n) is 7.88. The van der Waals surface area contributed by atoms with Crippen molar-refractivity contribution in [2.45, 2.75) is 58.0 Å². The van der Waals surface area contributed by atoms with Crippen molar-refractivity contribution in [2.75, 3.05) is 26.2 Å². The maximum absolute atomic E-state index is 12.0. The molecule has 4 nitrogen and oxygen atoms in total. The van der Waals surface area contributed by atoms with Crippen molar-refractivity contribution in [3.63, 3.8) is 0 Å². The molecule has 1 heterocycles. The van der Waals surface area contributed by atoms with Crippen LogP contribution in [0.2, 0.25) is 0 Å². The average Bonchev–Trinajstić information content (AvgIpc) is 3.22. The van der Waals surface area contributed by atoms with E-state index in [1.54, 1.807) is 0 Å². The zero-order valence-electron chi connectivity index (χ0n) is 12.4. The molecule has 0 amide bonds. The molecule has 0 aromatic rings. The van der Waals surface area contributed by atoms with Gasteiger partial charge in [0.15, 0.2) is 0 Å². The van der Waals surface area contributed by atoms with Gasteiger partial charge in [-0.25, -0.2) is 0 Å². The summed E-state index contributed by atoms with van der Waals surface area (Å²) in [6.07, 6.45) is 6.03. The maximum Gasteiger partial charge on any atom is 0.323 e. The van der Waals surface area contributed by atoms with Crippen molar-refractivity contribution in [1.82, 2.24) is 10.2 Å². The van der Waals surface area contributed by atoms with Gasteiger partial charge in [0.2, 0.25) is 0 Å². The highest BCUT2D eigenvalue weighted by atomic mass is 16.5. The van der Waals surface area contributed by atoms with Gasteiger partial charge < -0.3 is 10.1 Å². The van der Waals surface area contributed by atoms with Crippen LogP contribution in [0.15, 0.2) is 0 Å². The first-order chi connectivity index (χ1) is 9.24. The monoisotopic (exact) mass is 268 g/mol. The number of carbonyl (C=O) groups excluding carboxylic acids is 1. The molecule has 1 aliphatic heterocycles. The highest BCUT2D eigenvalue weighted by molar-refractivity contribution is 5.75. The summed E-state index contributed by atoms with van der Waals surface area (Å²) in [4.78, 5) is 14.3. The fourth-order valence-corrected chi connectivity index (χ4v) is 2.98. The largest absolute Gasteiger partial charge is 0.465 e. The third-order valence-electron chi connectivity index (χ3n) is 4.21. The van der Waals surface area contributed by atoms with Crippen molar-refractivity contribution in [3.8, 4) is 0 Å². The topological polar surface area (TPSA) is 41.6 Å². The van der Waals surface area contributed by atoms with E-state index in [4.69, 9.17) is 4.74 Å². The van der Waals surface area contributed by atoms with E-state index in [2.05, 4.69) is 17.1 Å². The van der Waals surface area contributed by atoms with Gasteiger partial charge in [0.05, 0.1) is 6.61 Å².